The highest BCUT2D eigenvalue weighted by Gasteiger charge is 2.57. The zero-order chi connectivity index (χ0) is 47.0. The lowest BCUT2D eigenvalue weighted by Crippen LogP contribution is -2.37. The minimum atomic E-state index is -4.32. The molecule has 0 bridgehead atoms. The zero-order valence-corrected chi connectivity index (χ0v) is 40.4. The van der Waals surface area contributed by atoms with Gasteiger partial charge in [0, 0.05) is 54.6 Å². The van der Waals surface area contributed by atoms with Crippen molar-refractivity contribution in [2.45, 2.75) is 153 Å². The van der Waals surface area contributed by atoms with Crippen molar-refractivity contribution in [3.8, 4) is 41.8 Å². The molecule has 6 aromatic rings. The van der Waals surface area contributed by atoms with Crippen LogP contribution in [0.3, 0.4) is 0 Å². The molecule has 7 rings (SSSR count). The first kappa shape index (κ1) is 50.0. The average Bonchev–Trinajstić information content (AvgIpc) is 4.16. The lowest BCUT2D eigenvalue weighted by atomic mass is 9.96. The molecule has 1 aliphatic heterocycles. The van der Waals surface area contributed by atoms with Crippen LogP contribution >= 0.6 is 34.4 Å². The molecule has 4 nitrogen and oxygen atoms in total. The van der Waals surface area contributed by atoms with Gasteiger partial charge in [0.05, 0.1) is 23.1 Å². The molecule has 0 atom stereocenters. The van der Waals surface area contributed by atoms with E-state index < -0.39 is 47.7 Å². The van der Waals surface area contributed by atoms with Crippen LogP contribution in [0.2, 0.25) is 0 Å². The van der Waals surface area contributed by atoms with Crippen molar-refractivity contribution < 1.29 is 35.1 Å². The summed E-state index contributed by atoms with van der Waals surface area (Å²) in [6.45, 7) is 4.24. The summed E-state index contributed by atoms with van der Waals surface area (Å²) in [7, 11) is 0. The summed E-state index contributed by atoms with van der Waals surface area (Å²) in [4.78, 5) is 2.98. The summed E-state index contributed by atoms with van der Waals surface area (Å²) in [5.41, 5.74) is 3.41. The van der Waals surface area contributed by atoms with Gasteiger partial charge in [-0.3, -0.25) is 0 Å². The third-order valence-corrected chi connectivity index (χ3v) is 15.7. The molecule has 1 aliphatic rings. The number of rotatable bonds is 26. The van der Waals surface area contributed by atoms with E-state index in [-0.39, 0.29) is 12.8 Å². The van der Waals surface area contributed by atoms with Crippen LogP contribution in [0.1, 0.15) is 141 Å². The van der Waals surface area contributed by atoms with Crippen molar-refractivity contribution in [3.05, 3.63) is 83.9 Å². The normalized spacial score (nSPS) is 13.2. The fourth-order valence-corrected chi connectivity index (χ4v) is 11.6. The maximum absolute atomic E-state index is 15.2. The molecule has 0 aliphatic carbocycles. The first-order chi connectivity index (χ1) is 31.7. The molecular weight excluding hydrogens is 937 g/mol. The Balaban J connectivity index is 1.04. The Bertz CT molecular complexity index is 2420. The van der Waals surface area contributed by atoms with Gasteiger partial charge < -0.3 is 0 Å². The summed E-state index contributed by atoms with van der Waals surface area (Å²) in [6.07, 6.45) is 11.5. The molecule has 354 valence electrons. The Kier molecular flexibility index (Phi) is 16.7. The molecule has 16 heteroatoms. The van der Waals surface area contributed by atoms with Crippen LogP contribution in [0.5, 0.6) is 0 Å². The Morgan fingerprint density at radius 3 is 1.11 bits per heavy atom. The van der Waals surface area contributed by atoms with Gasteiger partial charge in [-0.2, -0.15) is 52.6 Å². The summed E-state index contributed by atoms with van der Waals surface area (Å²) in [5, 5.41) is 0. The van der Waals surface area contributed by atoms with Crippen LogP contribution in [0.4, 0.5) is 46.5 Å². The number of thiophene rings is 2. The minimum Gasteiger partial charge on any atom is -0.199 e. The Hall–Kier alpha value is -3.86. The van der Waals surface area contributed by atoms with E-state index in [4.69, 9.17) is 0 Å². The van der Waals surface area contributed by atoms with Gasteiger partial charge in [0.25, 0.3) is 0 Å². The van der Waals surface area contributed by atoms with Crippen LogP contribution < -0.4 is 0 Å². The maximum atomic E-state index is 15.2. The second-order valence-electron chi connectivity index (χ2n) is 17.2. The molecular formula is C50H54F8N4S4. The van der Waals surface area contributed by atoms with Crippen molar-refractivity contribution in [2.24, 2.45) is 8.73 Å². The number of alkyl halides is 8. The molecule has 0 saturated heterocycles. The molecule has 3 aromatic heterocycles. The summed E-state index contributed by atoms with van der Waals surface area (Å²) >= 11 is 4.78. The monoisotopic (exact) mass is 990 g/mol. The van der Waals surface area contributed by atoms with Gasteiger partial charge >= 0.3 is 23.7 Å². The fraction of sp³-hybridized carbons (Fsp3) is 0.480. The summed E-state index contributed by atoms with van der Waals surface area (Å²) < 4.78 is 139. The number of fused-ring (bicyclic) bond motifs is 2. The van der Waals surface area contributed by atoms with Gasteiger partial charge in [-0.1, -0.05) is 152 Å². The van der Waals surface area contributed by atoms with Gasteiger partial charge in [0.2, 0.25) is 0 Å². The fourth-order valence-electron chi connectivity index (χ4n) is 8.36. The van der Waals surface area contributed by atoms with Crippen LogP contribution in [0.15, 0.2) is 81.5 Å². The van der Waals surface area contributed by atoms with Gasteiger partial charge in [-0.15, -0.1) is 22.7 Å². The quantitative estimate of drug-likeness (QED) is 0.0401. The minimum absolute atomic E-state index is 0.0401. The molecule has 3 aromatic carbocycles. The number of benzene rings is 3. The first-order valence-electron chi connectivity index (χ1n) is 23.0. The maximum Gasteiger partial charge on any atom is 0.335 e. The standard InChI is InChI=1S/C50H54F8N4S4/c1-3-5-7-9-11-13-15-17-31-47(51,52)49(55,56)35-23-19-33(20-24-35)37-27-29-39(63-37)41-43-45(61-65-59-43)42(46-44(41)60-66-62-46)40-30-28-38(64-40)34-21-25-36(26-22-34)50(57,58)48(53,54)32-18-16-14-12-10-8-6-4-2/h19-30H,3-18,31-32H2,1-2H3. The van der Waals surface area contributed by atoms with Crippen molar-refractivity contribution in [3.63, 3.8) is 0 Å². The van der Waals surface area contributed by atoms with Crippen LogP contribution in [0.25, 0.3) is 52.8 Å². The molecule has 0 N–H and O–H groups in total. The van der Waals surface area contributed by atoms with Crippen LogP contribution in [-0.4, -0.2) is 20.6 Å². The largest absolute Gasteiger partial charge is 0.335 e. The number of halogens is 8. The molecule has 66 heavy (non-hydrogen) atoms. The predicted molar refractivity (Wildman–Crippen MR) is 259 cm³/mol. The third kappa shape index (κ3) is 11.0. The van der Waals surface area contributed by atoms with Crippen LogP contribution in [-0.2, 0) is 23.2 Å². The lowest BCUT2D eigenvalue weighted by Gasteiger charge is -2.27. The highest BCUT2D eigenvalue weighted by atomic mass is 32.1. The van der Waals surface area contributed by atoms with Crippen molar-refractivity contribution >= 4 is 68.2 Å². The second kappa shape index (κ2) is 22.1. The summed E-state index contributed by atoms with van der Waals surface area (Å²) in [5.74, 6) is -17.0. The number of hydrogen-bond donors (Lipinski definition) is 0. The van der Waals surface area contributed by atoms with Gasteiger partial charge in [-0.25, -0.2) is 0 Å². The molecule has 0 spiro atoms. The van der Waals surface area contributed by atoms with Crippen molar-refractivity contribution in [2.75, 3.05) is 0 Å². The van der Waals surface area contributed by atoms with E-state index in [1.807, 2.05) is 24.3 Å². The molecule has 0 amide bonds. The molecule has 0 unspecified atom stereocenters. The smallest absolute Gasteiger partial charge is 0.199 e. The topological polar surface area (TPSA) is 50.5 Å². The summed E-state index contributed by atoms with van der Waals surface area (Å²) in [6, 6.07) is 17.5. The number of unbranched alkanes of at least 4 members (excludes halogenated alkanes) is 14. The first-order valence-corrected chi connectivity index (χ1v) is 26.1. The van der Waals surface area contributed by atoms with E-state index in [0.29, 0.717) is 57.5 Å². The number of hydrogen-bond acceptors (Lipinski definition) is 7. The molecule has 0 fully saturated rings. The van der Waals surface area contributed by atoms with Crippen LogP contribution in [0, 0.1) is 0 Å². The van der Waals surface area contributed by atoms with E-state index in [2.05, 4.69) is 31.3 Å². The Labute approximate surface area is 397 Å². The van der Waals surface area contributed by atoms with Gasteiger partial charge in [0.1, 0.15) is 22.4 Å². The highest BCUT2D eigenvalue weighted by molar-refractivity contribution is 7.58. The predicted octanol–water partition coefficient (Wildman–Crippen LogP) is 19.7. The van der Waals surface area contributed by atoms with Crippen molar-refractivity contribution in [1.29, 1.82) is 0 Å². The Morgan fingerprint density at radius 1 is 0.409 bits per heavy atom. The number of nitrogens with zero attached hydrogens (tertiary/aromatic N) is 4. The SMILES string of the molecule is CCCCCCCCCCC(F)(F)C(F)(F)c1ccc(-c2ccc(-c3c4c(c(-c5ccc(-c6ccc(C(F)(F)C(F)(F)CCCCCCCCCC)cc6)s5)c5nsnc35)N=S=N4)s2)cc1. The van der Waals surface area contributed by atoms with E-state index in [1.165, 1.54) is 46.9 Å². The van der Waals surface area contributed by atoms with E-state index in [0.717, 1.165) is 144 Å². The molecule has 0 saturated carbocycles. The third-order valence-electron chi connectivity index (χ3n) is 12.3. The number of aromatic nitrogens is 2. The van der Waals surface area contributed by atoms with Gasteiger partial charge in [-0.05, 0) is 48.2 Å². The zero-order valence-electron chi connectivity index (χ0n) is 37.1. The van der Waals surface area contributed by atoms with E-state index >= 15 is 17.6 Å². The molecule has 0 radical (unpaired) electrons. The Morgan fingerprint density at radius 2 is 0.742 bits per heavy atom. The van der Waals surface area contributed by atoms with E-state index in [1.54, 1.807) is 0 Å². The van der Waals surface area contributed by atoms with Gasteiger partial charge in [0.15, 0.2) is 0 Å². The van der Waals surface area contributed by atoms with E-state index in [9.17, 15) is 17.6 Å². The second-order valence-corrected chi connectivity index (χ2v) is 20.4. The average molecular weight is 991 g/mol. The van der Waals surface area contributed by atoms with Crippen molar-refractivity contribution in [1.82, 2.24) is 8.75 Å². The molecule has 4 heterocycles. The lowest BCUT2D eigenvalue weighted by molar-refractivity contribution is -0.219. The highest BCUT2D eigenvalue weighted by Crippen LogP contribution is 2.55.